The Labute approximate surface area is 186 Å². The van der Waals surface area contributed by atoms with Crippen molar-refractivity contribution in [3.8, 4) is 5.75 Å². The van der Waals surface area contributed by atoms with E-state index >= 15 is 0 Å². The summed E-state index contributed by atoms with van der Waals surface area (Å²) in [7, 11) is -7.02. The molecule has 1 aromatic carbocycles. The van der Waals surface area contributed by atoms with E-state index in [1.54, 1.807) is 24.3 Å². The minimum atomic E-state index is -3.82. The Balaban J connectivity index is 1.73. The summed E-state index contributed by atoms with van der Waals surface area (Å²) in [5, 5.41) is 0. The van der Waals surface area contributed by atoms with Gasteiger partial charge in [0.25, 0.3) is 0 Å². The van der Waals surface area contributed by atoms with E-state index in [0.29, 0.717) is 50.9 Å². The van der Waals surface area contributed by atoms with E-state index in [-0.39, 0.29) is 16.4 Å². The molecule has 0 saturated carbocycles. The highest BCUT2D eigenvalue weighted by atomic mass is 32.2. The molecule has 0 spiro atoms. The molecule has 2 heterocycles. The van der Waals surface area contributed by atoms with Crippen molar-refractivity contribution in [1.82, 2.24) is 9.21 Å². The molecule has 0 radical (unpaired) electrons. The Bertz CT molecular complexity index is 910. The molecule has 3 rings (SSSR count). The van der Waals surface area contributed by atoms with Gasteiger partial charge in [0.05, 0.1) is 36.2 Å². The van der Waals surface area contributed by atoms with Crippen LogP contribution in [0.5, 0.6) is 5.75 Å². The number of nitrogens with zero attached hydrogens (tertiary/aromatic N) is 2. The first-order valence-electron chi connectivity index (χ1n) is 10.9. The lowest BCUT2D eigenvalue weighted by Crippen LogP contribution is -2.43. The van der Waals surface area contributed by atoms with Crippen LogP contribution in [0.1, 0.15) is 26.7 Å². The van der Waals surface area contributed by atoms with Gasteiger partial charge in [-0.15, -0.1) is 0 Å². The van der Waals surface area contributed by atoms with Gasteiger partial charge in [0.1, 0.15) is 5.75 Å². The minimum Gasteiger partial charge on any atom is -0.493 e. The molecule has 31 heavy (non-hydrogen) atoms. The molecule has 1 aromatic rings. The van der Waals surface area contributed by atoms with Crippen molar-refractivity contribution in [3.63, 3.8) is 0 Å². The number of hydrogen-bond donors (Lipinski definition) is 0. The molecule has 1 atom stereocenters. The van der Waals surface area contributed by atoms with Gasteiger partial charge in [0.2, 0.25) is 10.0 Å². The summed E-state index contributed by atoms with van der Waals surface area (Å²) in [6.45, 7) is 8.75. The summed E-state index contributed by atoms with van der Waals surface area (Å²) in [5.41, 5.74) is 0. The number of sulfone groups is 1. The molecule has 2 aliphatic rings. The Morgan fingerprint density at radius 2 is 1.87 bits per heavy atom. The monoisotopic (exact) mass is 474 g/mol. The molecule has 0 aromatic heterocycles. The average molecular weight is 475 g/mol. The fourth-order valence-electron chi connectivity index (χ4n) is 3.88. The molecule has 2 saturated heterocycles. The van der Waals surface area contributed by atoms with Crippen LogP contribution in [0.2, 0.25) is 0 Å². The molecule has 10 heteroatoms. The van der Waals surface area contributed by atoms with Gasteiger partial charge in [-0.05, 0) is 49.6 Å². The van der Waals surface area contributed by atoms with Crippen molar-refractivity contribution in [2.24, 2.45) is 5.92 Å². The van der Waals surface area contributed by atoms with Crippen LogP contribution in [-0.2, 0) is 24.6 Å². The van der Waals surface area contributed by atoms with Crippen LogP contribution in [0.4, 0.5) is 0 Å². The third-order valence-electron chi connectivity index (χ3n) is 5.59. The second-order valence-corrected chi connectivity index (χ2v) is 12.8. The molecule has 0 amide bonds. The van der Waals surface area contributed by atoms with Crippen molar-refractivity contribution in [3.05, 3.63) is 24.3 Å². The van der Waals surface area contributed by atoms with Crippen LogP contribution in [-0.4, -0.2) is 89.6 Å². The number of ether oxygens (including phenoxy) is 2. The van der Waals surface area contributed by atoms with E-state index in [4.69, 9.17) is 9.47 Å². The van der Waals surface area contributed by atoms with E-state index in [1.807, 2.05) is 13.8 Å². The summed E-state index contributed by atoms with van der Waals surface area (Å²) in [5.74, 6) is 0.916. The van der Waals surface area contributed by atoms with Crippen molar-refractivity contribution >= 4 is 19.9 Å². The molecule has 2 fully saturated rings. The third-order valence-corrected chi connectivity index (χ3v) is 9.30. The fourth-order valence-corrected chi connectivity index (χ4v) is 7.40. The summed E-state index contributed by atoms with van der Waals surface area (Å²) in [6, 6.07) is 5.89. The fraction of sp³-hybridized carbons (Fsp3) is 0.714. The maximum atomic E-state index is 13.4. The third kappa shape index (κ3) is 6.89. The highest BCUT2D eigenvalue weighted by Crippen LogP contribution is 2.27. The van der Waals surface area contributed by atoms with Crippen molar-refractivity contribution < 1.29 is 26.3 Å². The zero-order valence-electron chi connectivity index (χ0n) is 18.4. The van der Waals surface area contributed by atoms with Crippen LogP contribution < -0.4 is 4.74 Å². The van der Waals surface area contributed by atoms with Gasteiger partial charge in [0, 0.05) is 25.7 Å². The lowest BCUT2D eigenvalue weighted by Gasteiger charge is -2.30. The van der Waals surface area contributed by atoms with E-state index in [9.17, 15) is 16.8 Å². The molecule has 2 aliphatic heterocycles. The van der Waals surface area contributed by atoms with Gasteiger partial charge >= 0.3 is 0 Å². The zero-order chi connectivity index (χ0) is 22.5. The van der Waals surface area contributed by atoms with Crippen molar-refractivity contribution in [2.45, 2.75) is 37.6 Å². The molecule has 176 valence electrons. The number of hydrogen-bond acceptors (Lipinski definition) is 7. The summed E-state index contributed by atoms with van der Waals surface area (Å²) < 4.78 is 63.4. The first-order chi connectivity index (χ1) is 14.7. The number of benzene rings is 1. The number of rotatable bonds is 10. The number of morpholine rings is 1. The van der Waals surface area contributed by atoms with Crippen molar-refractivity contribution in [1.29, 1.82) is 0 Å². The lowest BCUT2D eigenvalue weighted by atomic mass is 10.2. The molecule has 8 nitrogen and oxygen atoms in total. The Morgan fingerprint density at radius 3 is 2.45 bits per heavy atom. The molecule has 0 bridgehead atoms. The highest BCUT2D eigenvalue weighted by molar-refractivity contribution is 7.92. The van der Waals surface area contributed by atoms with E-state index in [1.165, 1.54) is 4.31 Å². The van der Waals surface area contributed by atoms with Gasteiger partial charge < -0.3 is 9.47 Å². The second kappa shape index (κ2) is 10.6. The predicted molar refractivity (Wildman–Crippen MR) is 120 cm³/mol. The van der Waals surface area contributed by atoms with E-state index in [2.05, 4.69) is 4.90 Å². The molecular weight excluding hydrogens is 440 g/mol. The van der Waals surface area contributed by atoms with Crippen LogP contribution in [0.15, 0.2) is 29.2 Å². The van der Waals surface area contributed by atoms with Crippen molar-refractivity contribution in [2.75, 3.05) is 57.5 Å². The first-order valence-corrected chi connectivity index (χ1v) is 14.2. The first kappa shape index (κ1) is 24.4. The predicted octanol–water partition coefficient (Wildman–Crippen LogP) is 1.62. The standard InChI is InChI=1S/C21H34N2O6S2/c1-18(2)16-29-20-4-6-21(7-5-20)31(26,27)23(19-8-15-30(24,25)17-19)10-3-9-22-11-13-28-14-12-22/h4-7,18-19H,3,8-17H2,1-2H3. The van der Waals surface area contributed by atoms with Gasteiger partial charge in [-0.3, -0.25) is 4.90 Å². The quantitative estimate of drug-likeness (QED) is 0.509. The van der Waals surface area contributed by atoms with E-state index < -0.39 is 25.9 Å². The maximum absolute atomic E-state index is 13.4. The zero-order valence-corrected chi connectivity index (χ0v) is 20.0. The summed E-state index contributed by atoms with van der Waals surface area (Å²) in [4.78, 5) is 2.42. The smallest absolute Gasteiger partial charge is 0.243 e. The van der Waals surface area contributed by atoms with Crippen LogP contribution in [0.3, 0.4) is 0 Å². The average Bonchev–Trinajstić information content (AvgIpc) is 3.09. The van der Waals surface area contributed by atoms with Crippen LogP contribution >= 0.6 is 0 Å². The highest BCUT2D eigenvalue weighted by Gasteiger charge is 2.38. The maximum Gasteiger partial charge on any atom is 0.243 e. The Kier molecular flexibility index (Phi) is 8.37. The lowest BCUT2D eigenvalue weighted by molar-refractivity contribution is 0.0367. The van der Waals surface area contributed by atoms with E-state index in [0.717, 1.165) is 19.6 Å². The Morgan fingerprint density at radius 1 is 1.19 bits per heavy atom. The molecule has 0 N–H and O–H groups in total. The van der Waals surface area contributed by atoms with Gasteiger partial charge in [-0.2, -0.15) is 4.31 Å². The Hall–Kier alpha value is -1.20. The van der Waals surface area contributed by atoms with Crippen LogP contribution in [0.25, 0.3) is 0 Å². The van der Waals surface area contributed by atoms with Gasteiger partial charge in [0.15, 0.2) is 9.84 Å². The minimum absolute atomic E-state index is 0.0368. The normalized spacial score (nSPS) is 22.3. The number of sulfonamides is 1. The molecule has 1 unspecified atom stereocenters. The molecular formula is C21H34N2O6S2. The van der Waals surface area contributed by atoms with Crippen LogP contribution in [0, 0.1) is 5.92 Å². The second-order valence-electron chi connectivity index (χ2n) is 8.66. The molecule has 0 aliphatic carbocycles. The SMILES string of the molecule is CC(C)COc1ccc(S(=O)(=O)N(CCCN2CCOCC2)C2CCS(=O)(=O)C2)cc1. The largest absolute Gasteiger partial charge is 0.493 e. The summed E-state index contributed by atoms with van der Waals surface area (Å²) in [6.07, 6.45) is 0.986. The topological polar surface area (TPSA) is 93.2 Å². The summed E-state index contributed by atoms with van der Waals surface area (Å²) >= 11 is 0. The van der Waals surface area contributed by atoms with Gasteiger partial charge in [-0.25, -0.2) is 16.8 Å². The van der Waals surface area contributed by atoms with Gasteiger partial charge in [-0.1, -0.05) is 13.8 Å².